The first-order valence-corrected chi connectivity index (χ1v) is 6.25. The van der Waals surface area contributed by atoms with Crippen LogP contribution in [-0.4, -0.2) is 24.7 Å². The maximum absolute atomic E-state index is 5.18. The van der Waals surface area contributed by atoms with Crippen molar-refractivity contribution < 1.29 is 4.74 Å². The highest BCUT2D eigenvalue weighted by Crippen LogP contribution is 2.18. The summed E-state index contributed by atoms with van der Waals surface area (Å²) in [6, 6.07) is 0.339. The van der Waals surface area contributed by atoms with Gasteiger partial charge in [0.2, 0.25) is 0 Å². The fraction of sp³-hybridized carbons (Fsp3) is 0.727. The van der Waals surface area contributed by atoms with Crippen LogP contribution in [0.25, 0.3) is 0 Å². The normalized spacial score (nSPS) is 13.1. The van der Waals surface area contributed by atoms with E-state index in [0.29, 0.717) is 12.0 Å². The van der Waals surface area contributed by atoms with E-state index in [1.807, 2.05) is 0 Å². The van der Waals surface area contributed by atoms with Gasteiger partial charge in [-0.05, 0) is 12.3 Å². The minimum Gasteiger partial charge on any atom is -0.383 e. The molecule has 1 aromatic heterocycles. The molecule has 3 nitrogen and oxygen atoms in total. The van der Waals surface area contributed by atoms with Gasteiger partial charge in [-0.3, -0.25) is 0 Å². The number of methoxy groups -OCH3 is 1. The van der Waals surface area contributed by atoms with E-state index in [1.165, 1.54) is 0 Å². The molecule has 0 amide bonds. The third-order valence-corrected chi connectivity index (χ3v) is 3.20. The van der Waals surface area contributed by atoms with Crippen molar-refractivity contribution in [2.24, 2.45) is 5.92 Å². The lowest BCUT2D eigenvalue weighted by Crippen LogP contribution is -2.30. The van der Waals surface area contributed by atoms with E-state index < -0.39 is 0 Å². The predicted molar refractivity (Wildman–Crippen MR) is 65.6 cm³/mol. The number of anilines is 1. The van der Waals surface area contributed by atoms with Crippen LogP contribution in [-0.2, 0) is 11.2 Å². The summed E-state index contributed by atoms with van der Waals surface area (Å²) in [6.07, 6.45) is 0.995. The molecule has 4 heteroatoms. The summed E-state index contributed by atoms with van der Waals surface area (Å²) >= 11 is 1.67. The number of ether oxygens (including phenoxy) is 1. The molecule has 0 bridgehead atoms. The Morgan fingerprint density at radius 1 is 1.53 bits per heavy atom. The summed E-state index contributed by atoms with van der Waals surface area (Å²) < 4.78 is 5.18. The van der Waals surface area contributed by atoms with E-state index >= 15 is 0 Å². The highest BCUT2D eigenvalue weighted by Gasteiger charge is 2.14. The van der Waals surface area contributed by atoms with Gasteiger partial charge in [0.1, 0.15) is 0 Å². The first-order chi connectivity index (χ1) is 7.17. The fourth-order valence-corrected chi connectivity index (χ4v) is 2.13. The van der Waals surface area contributed by atoms with Crippen molar-refractivity contribution in [1.82, 2.24) is 4.98 Å². The van der Waals surface area contributed by atoms with Crippen LogP contribution in [0.1, 0.15) is 26.5 Å². The molecule has 1 rings (SSSR count). The Kier molecular flexibility index (Phi) is 5.05. The molecule has 0 aliphatic heterocycles. The molecule has 0 aliphatic rings. The third kappa shape index (κ3) is 3.80. The second kappa shape index (κ2) is 6.08. The number of aryl methyl sites for hydroxylation is 1. The third-order valence-electron chi connectivity index (χ3n) is 2.37. The van der Waals surface area contributed by atoms with Gasteiger partial charge in [-0.1, -0.05) is 20.8 Å². The van der Waals surface area contributed by atoms with Crippen molar-refractivity contribution in [3.05, 3.63) is 11.1 Å². The average molecular weight is 228 g/mol. The van der Waals surface area contributed by atoms with Crippen LogP contribution in [0.15, 0.2) is 5.38 Å². The first kappa shape index (κ1) is 12.5. The van der Waals surface area contributed by atoms with Crippen molar-refractivity contribution in [3.8, 4) is 0 Å². The van der Waals surface area contributed by atoms with Gasteiger partial charge in [-0.15, -0.1) is 11.3 Å². The SMILES string of the molecule is CCc1csc(NC(COC)C(C)C)n1. The quantitative estimate of drug-likeness (QED) is 0.813. The maximum Gasteiger partial charge on any atom is 0.183 e. The standard InChI is InChI=1S/C11H20N2OS/c1-5-9-7-15-11(12-9)13-10(6-14-4)8(2)3/h7-8,10H,5-6H2,1-4H3,(H,12,13). The Balaban J connectivity index is 2.57. The molecule has 0 spiro atoms. The predicted octanol–water partition coefficient (Wildman–Crippen LogP) is 2.79. The van der Waals surface area contributed by atoms with Crippen LogP contribution < -0.4 is 5.32 Å². The highest BCUT2D eigenvalue weighted by molar-refractivity contribution is 7.13. The molecular weight excluding hydrogens is 208 g/mol. The number of nitrogens with one attached hydrogen (secondary N) is 1. The van der Waals surface area contributed by atoms with Crippen molar-refractivity contribution >= 4 is 16.5 Å². The number of rotatable bonds is 6. The van der Waals surface area contributed by atoms with Gasteiger partial charge in [-0.25, -0.2) is 4.98 Å². The van der Waals surface area contributed by atoms with Crippen molar-refractivity contribution in [2.75, 3.05) is 19.0 Å². The van der Waals surface area contributed by atoms with Gasteiger partial charge in [0.05, 0.1) is 18.3 Å². The van der Waals surface area contributed by atoms with Crippen molar-refractivity contribution in [2.45, 2.75) is 33.2 Å². The van der Waals surface area contributed by atoms with Crippen LogP contribution in [0.5, 0.6) is 0 Å². The fourth-order valence-electron chi connectivity index (χ4n) is 1.27. The zero-order chi connectivity index (χ0) is 11.3. The average Bonchev–Trinajstić information content (AvgIpc) is 2.65. The van der Waals surface area contributed by atoms with Gasteiger partial charge in [0, 0.05) is 12.5 Å². The van der Waals surface area contributed by atoms with E-state index in [2.05, 4.69) is 36.5 Å². The second-order valence-corrected chi connectivity index (χ2v) is 4.81. The van der Waals surface area contributed by atoms with Gasteiger partial charge in [-0.2, -0.15) is 0 Å². The summed E-state index contributed by atoms with van der Waals surface area (Å²) in [5, 5.41) is 6.52. The molecule has 0 aromatic carbocycles. The van der Waals surface area contributed by atoms with E-state index in [0.717, 1.165) is 23.9 Å². The Labute approximate surface area is 95.9 Å². The van der Waals surface area contributed by atoms with Crippen LogP contribution in [0, 0.1) is 5.92 Å². The monoisotopic (exact) mass is 228 g/mol. The lowest BCUT2D eigenvalue weighted by Gasteiger charge is -2.20. The highest BCUT2D eigenvalue weighted by atomic mass is 32.1. The Morgan fingerprint density at radius 2 is 2.27 bits per heavy atom. The van der Waals surface area contributed by atoms with Crippen LogP contribution in [0.2, 0.25) is 0 Å². The maximum atomic E-state index is 5.18. The minimum absolute atomic E-state index is 0.339. The van der Waals surface area contributed by atoms with Gasteiger partial charge in [0.15, 0.2) is 5.13 Å². The number of hydrogen-bond acceptors (Lipinski definition) is 4. The molecule has 0 radical (unpaired) electrons. The van der Waals surface area contributed by atoms with Gasteiger partial charge < -0.3 is 10.1 Å². The lowest BCUT2D eigenvalue weighted by atomic mass is 10.1. The van der Waals surface area contributed by atoms with Crippen molar-refractivity contribution in [3.63, 3.8) is 0 Å². The summed E-state index contributed by atoms with van der Waals surface area (Å²) in [7, 11) is 1.73. The molecule has 86 valence electrons. The lowest BCUT2D eigenvalue weighted by molar-refractivity contribution is 0.171. The second-order valence-electron chi connectivity index (χ2n) is 3.95. The van der Waals surface area contributed by atoms with Crippen molar-refractivity contribution in [1.29, 1.82) is 0 Å². The minimum atomic E-state index is 0.339. The number of thiazole rings is 1. The topological polar surface area (TPSA) is 34.1 Å². The van der Waals surface area contributed by atoms with Crippen LogP contribution in [0.3, 0.4) is 0 Å². The summed E-state index contributed by atoms with van der Waals surface area (Å²) in [5.74, 6) is 0.541. The van der Waals surface area contributed by atoms with Crippen LogP contribution in [0.4, 0.5) is 5.13 Å². The van der Waals surface area contributed by atoms with Gasteiger partial charge in [0.25, 0.3) is 0 Å². The molecule has 1 unspecified atom stereocenters. The Hall–Kier alpha value is -0.610. The number of aromatic nitrogens is 1. The van der Waals surface area contributed by atoms with E-state index in [9.17, 15) is 0 Å². The molecule has 15 heavy (non-hydrogen) atoms. The molecular formula is C11H20N2OS. The Bertz CT molecular complexity index is 286. The zero-order valence-electron chi connectivity index (χ0n) is 9.91. The molecule has 0 saturated heterocycles. The largest absolute Gasteiger partial charge is 0.383 e. The molecule has 1 atom stereocenters. The number of nitrogens with zero attached hydrogens (tertiary/aromatic N) is 1. The molecule has 0 aliphatic carbocycles. The van der Waals surface area contributed by atoms with E-state index in [4.69, 9.17) is 4.74 Å². The molecule has 1 aromatic rings. The Morgan fingerprint density at radius 3 is 2.73 bits per heavy atom. The molecule has 0 saturated carbocycles. The summed E-state index contributed by atoms with van der Waals surface area (Å²) in [5.41, 5.74) is 1.16. The summed E-state index contributed by atoms with van der Waals surface area (Å²) in [4.78, 5) is 4.49. The van der Waals surface area contributed by atoms with E-state index in [1.54, 1.807) is 18.4 Å². The van der Waals surface area contributed by atoms with Gasteiger partial charge >= 0.3 is 0 Å². The molecule has 1 N–H and O–H groups in total. The molecule has 0 fully saturated rings. The number of hydrogen-bond donors (Lipinski definition) is 1. The summed E-state index contributed by atoms with van der Waals surface area (Å²) in [6.45, 7) is 7.21. The zero-order valence-corrected chi connectivity index (χ0v) is 10.7. The van der Waals surface area contributed by atoms with E-state index in [-0.39, 0.29) is 0 Å². The molecule has 1 heterocycles. The smallest absolute Gasteiger partial charge is 0.183 e. The first-order valence-electron chi connectivity index (χ1n) is 5.37. The van der Waals surface area contributed by atoms with Crippen LogP contribution >= 0.6 is 11.3 Å².